The Morgan fingerprint density at radius 2 is 2.00 bits per heavy atom. The molecular formula is C15H15BrClNO. The number of benzene rings is 2. The van der Waals surface area contributed by atoms with Crippen LogP contribution >= 0.6 is 27.5 Å². The van der Waals surface area contributed by atoms with Crippen LogP contribution in [0.2, 0.25) is 5.02 Å². The molecule has 0 unspecified atom stereocenters. The number of methoxy groups -OCH3 is 1. The second-order valence-corrected chi connectivity index (χ2v) is 5.16. The van der Waals surface area contributed by atoms with Crippen molar-refractivity contribution in [1.29, 1.82) is 0 Å². The lowest BCUT2D eigenvalue weighted by Gasteiger charge is -2.22. The van der Waals surface area contributed by atoms with Crippen LogP contribution in [0.3, 0.4) is 0 Å². The molecule has 0 aliphatic heterocycles. The number of ether oxygens (including phenoxy) is 1. The average Bonchev–Trinajstić information content (AvgIpc) is 2.46. The highest BCUT2D eigenvalue weighted by molar-refractivity contribution is 9.08. The van der Waals surface area contributed by atoms with Crippen molar-refractivity contribution in [2.45, 2.75) is 5.33 Å². The molecule has 0 aromatic heterocycles. The molecule has 0 radical (unpaired) electrons. The molecule has 100 valence electrons. The van der Waals surface area contributed by atoms with E-state index in [0.717, 1.165) is 33.0 Å². The summed E-state index contributed by atoms with van der Waals surface area (Å²) in [5, 5.41) is 1.51. The van der Waals surface area contributed by atoms with Gasteiger partial charge in [-0.15, -0.1) is 0 Å². The Labute approximate surface area is 127 Å². The van der Waals surface area contributed by atoms with E-state index in [2.05, 4.69) is 26.9 Å². The number of anilines is 2. The van der Waals surface area contributed by atoms with Gasteiger partial charge >= 0.3 is 0 Å². The summed E-state index contributed by atoms with van der Waals surface area (Å²) in [5.41, 5.74) is 3.34. The fourth-order valence-electron chi connectivity index (χ4n) is 1.95. The minimum atomic E-state index is 0.747. The highest BCUT2D eigenvalue weighted by Gasteiger charge is 2.10. The number of hydrogen-bond acceptors (Lipinski definition) is 2. The Bertz CT molecular complexity index is 574. The van der Waals surface area contributed by atoms with Crippen LogP contribution in [-0.2, 0) is 5.33 Å². The highest BCUT2D eigenvalue weighted by Crippen LogP contribution is 2.32. The van der Waals surface area contributed by atoms with Crippen molar-refractivity contribution >= 4 is 38.9 Å². The molecule has 0 saturated carbocycles. The molecule has 0 amide bonds. The molecule has 0 atom stereocenters. The third-order valence-electron chi connectivity index (χ3n) is 2.99. The van der Waals surface area contributed by atoms with E-state index in [0.29, 0.717) is 0 Å². The minimum absolute atomic E-state index is 0.747. The summed E-state index contributed by atoms with van der Waals surface area (Å²) in [6, 6.07) is 13.9. The van der Waals surface area contributed by atoms with Gasteiger partial charge in [0.2, 0.25) is 0 Å². The van der Waals surface area contributed by atoms with Gasteiger partial charge in [-0.25, -0.2) is 0 Å². The van der Waals surface area contributed by atoms with Crippen molar-refractivity contribution in [3.8, 4) is 5.75 Å². The number of alkyl halides is 1. The largest absolute Gasteiger partial charge is 0.497 e. The molecular weight excluding hydrogens is 326 g/mol. The molecule has 0 saturated heterocycles. The summed E-state index contributed by atoms with van der Waals surface area (Å²) >= 11 is 9.54. The molecule has 0 aliphatic rings. The van der Waals surface area contributed by atoms with Gasteiger partial charge in [-0.3, -0.25) is 0 Å². The van der Waals surface area contributed by atoms with E-state index in [1.54, 1.807) is 7.11 Å². The Morgan fingerprint density at radius 1 is 1.21 bits per heavy atom. The van der Waals surface area contributed by atoms with E-state index >= 15 is 0 Å². The topological polar surface area (TPSA) is 12.5 Å². The summed E-state index contributed by atoms with van der Waals surface area (Å²) in [6.45, 7) is 0. The summed E-state index contributed by atoms with van der Waals surface area (Å²) in [6.07, 6.45) is 0. The van der Waals surface area contributed by atoms with Crippen molar-refractivity contribution in [1.82, 2.24) is 0 Å². The fraction of sp³-hybridized carbons (Fsp3) is 0.200. The minimum Gasteiger partial charge on any atom is -0.497 e. The fourth-order valence-corrected chi connectivity index (χ4v) is 2.59. The van der Waals surface area contributed by atoms with Gasteiger partial charge in [-0.1, -0.05) is 33.6 Å². The van der Waals surface area contributed by atoms with E-state index in [1.165, 1.54) is 0 Å². The predicted molar refractivity (Wildman–Crippen MR) is 85.1 cm³/mol. The van der Waals surface area contributed by atoms with Gasteiger partial charge < -0.3 is 9.64 Å². The smallest absolute Gasteiger partial charge is 0.120 e. The summed E-state index contributed by atoms with van der Waals surface area (Å²) in [4.78, 5) is 2.12. The first kappa shape index (κ1) is 14.2. The van der Waals surface area contributed by atoms with E-state index in [1.807, 2.05) is 43.4 Å². The molecule has 0 aliphatic carbocycles. The molecule has 0 heterocycles. The Hall–Kier alpha value is -1.19. The summed E-state index contributed by atoms with van der Waals surface area (Å²) in [7, 11) is 3.70. The van der Waals surface area contributed by atoms with Gasteiger partial charge in [0.15, 0.2) is 0 Å². The molecule has 0 bridgehead atoms. The van der Waals surface area contributed by atoms with Crippen molar-refractivity contribution < 1.29 is 4.74 Å². The molecule has 2 rings (SSSR count). The van der Waals surface area contributed by atoms with Crippen LogP contribution in [0, 0.1) is 0 Å². The van der Waals surface area contributed by atoms with Crippen molar-refractivity contribution in [2.75, 3.05) is 19.1 Å². The number of nitrogens with zero attached hydrogens (tertiary/aromatic N) is 1. The number of hydrogen-bond donors (Lipinski definition) is 0. The van der Waals surface area contributed by atoms with Crippen molar-refractivity contribution in [2.24, 2.45) is 0 Å². The standard InChI is InChI=1S/C15H15BrClNO/c1-18(13-4-3-5-14(9-13)19-2)15-7-6-12(17)8-11(15)10-16/h3-9H,10H2,1-2H3. The molecule has 0 spiro atoms. The van der Waals surface area contributed by atoms with Gasteiger partial charge in [-0.05, 0) is 35.9 Å². The Morgan fingerprint density at radius 3 is 2.68 bits per heavy atom. The third-order valence-corrected chi connectivity index (χ3v) is 3.83. The van der Waals surface area contributed by atoms with Crippen molar-refractivity contribution in [3.63, 3.8) is 0 Å². The summed E-state index contributed by atoms with van der Waals surface area (Å²) in [5.74, 6) is 0.846. The molecule has 4 heteroatoms. The maximum Gasteiger partial charge on any atom is 0.120 e. The van der Waals surface area contributed by atoms with Gasteiger partial charge in [0.05, 0.1) is 7.11 Å². The first-order chi connectivity index (χ1) is 9.15. The number of rotatable bonds is 4. The van der Waals surface area contributed by atoms with E-state index in [9.17, 15) is 0 Å². The molecule has 2 nitrogen and oxygen atoms in total. The lowest BCUT2D eigenvalue weighted by Crippen LogP contribution is -2.11. The first-order valence-corrected chi connectivity index (χ1v) is 7.38. The monoisotopic (exact) mass is 339 g/mol. The molecule has 2 aromatic rings. The maximum absolute atomic E-state index is 6.03. The molecule has 0 fully saturated rings. The van der Waals surface area contributed by atoms with E-state index in [-0.39, 0.29) is 0 Å². The van der Waals surface area contributed by atoms with Gasteiger partial charge in [0.25, 0.3) is 0 Å². The lowest BCUT2D eigenvalue weighted by atomic mass is 10.1. The average molecular weight is 341 g/mol. The predicted octanol–water partition coefficient (Wildman–Crippen LogP) is 5.01. The highest BCUT2D eigenvalue weighted by atomic mass is 79.9. The molecule has 0 N–H and O–H groups in total. The van der Waals surface area contributed by atoms with Crippen LogP contribution in [-0.4, -0.2) is 14.2 Å². The lowest BCUT2D eigenvalue weighted by molar-refractivity contribution is 0.415. The normalized spacial score (nSPS) is 10.3. The first-order valence-electron chi connectivity index (χ1n) is 5.88. The Kier molecular flexibility index (Phi) is 4.72. The van der Waals surface area contributed by atoms with Crippen LogP contribution in [0.25, 0.3) is 0 Å². The van der Waals surface area contributed by atoms with Crippen LogP contribution < -0.4 is 9.64 Å². The van der Waals surface area contributed by atoms with Crippen LogP contribution in [0.5, 0.6) is 5.75 Å². The zero-order chi connectivity index (χ0) is 13.8. The quantitative estimate of drug-likeness (QED) is 0.725. The van der Waals surface area contributed by atoms with Gasteiger partial charge in [-0.2, -0.15) is 0 Å². The SMILES string of the molecule is COc1cccc(N(C)c2ccc(Cl)cc2CBr)c1. The second kappa shape index (κ2) is 6.31. The zero-order valence-corrected chi connectivity index (χ0v) is 13.2. The number of halogens is 2. The van der Waals surface area contributed by atoms with Crippen LogP contribution in [0.15, 0.2) is 42.5 Å². The van der Waals surface area contributed by atoms with E-state index < -0.39 is 0 Å². The van der Waals surface area contributed by atoms with Crippen LogP contribution in [0.4, 0.5) is 11.4 Å². The van der Waals surface area contributed by atoms with Crippen molar-refractivity contribution in [3.05, 3.63) is 53.1 Å². The van der Waals surface area contributed by atoms with E-state index in [4.69, 9.17) is 16.3 Å². The van der Waals surface area contributed by atoms with Crippen LogP contribution in [0.1, 0.15) is 5.56 Å². The summed E-state index contributed by atoms with van der Waals surface area (Å²) < 4.78 is 5.26. The van der Waals surface area contributed by atoms with Gasteiger partial charge in [0.1, 0.15) is 5.75 Å². The van der Waals surface area contributed by atoms with Gasteiger partial charge in [0, 0.05) is 34.8 Å². The zero-order valence-electron chi connectivity index (χ0n) is 10.9. The molecule has 19 heavy (non-hydrogen) atoms. The molecule has 2 aromatic carbocycles. The Balaban J connectivity index is 2.40. The third kappa shape index (κ3) is 3.23. The second-order valence-electron chi connectivity index (χ2n) is 4.17. The maximum atomic E-state index is 6.03.